The fourth-order valence-corrected chi connectivity index (χ4v) is 3.20. The van der Waals surface area contributed by atoms with Crippen LogP contribution in [0.25, 0.3) is 0 Å². The molecule has 0 saturated carbocycles. The van der Waals surface area contributed by atoms with E-state index in [1.54, 1.807) is 29.1 Å². The molecule has 20 heavy (non-hydrogen) atoms. The molecule has 1 heterocycles. The minimum absolute atomic E-state index is 0.0372. The zero-order valence-electron chi connectivity index (χ0n) is 10.8. The number of aromatic nitrogens is 2. The van der Waals surface area contributed by atoms with Gasteiger partial charge in [-0.25, -0.2) is 8.42 Å². The summed E-state index contributed by atoms with van der Waals surface area (Å²) in [5, 5.41) is 4.01. The topological polar surface area (TPSA) is 90.0 Å². The highest BCUT2D eigenvalue weighted by molar-refractivity contribution is 7.93. The van der Waals surface area contributed by atoms with Crippen molar-refractivity contribution in [3.63, 3.8) is 0 Å². The molecular weight excluding hydrogens is 296 g/mol. The lowest BCUT2D eigenvalue weighted by Crippen LogP contribution is -2.19. The first kappa shape index (κ1) is 14.5. The second-order valence-corrected chi connectivity index (χ2v) is 6.14. The molecule has 1 aromatic heterocycles. The maximum absolute atomic E-state index is 12.4. The molecule has 0 bridgehead atoms. The number of rotatable bonds is 5. The molecular formula is C12H14N4O2S2. The molecule has 2 aromatic rings. The predicted molar refractivity (Wildman–Crippen MR) is 81.0 cm³/mol. The molecule has 0 unspecified atom stereocenters. The van der Waals surface area contributed by atoms with E-state index in [1.165, 1.54) is 12.3 Å². The van der Waals surface area contributed by atoms with Crippen molar-refractivity contribution in [3.05, 3.63) is 42.2 Å². The molecule has 3 N–H and O–H groups in total. The maximum Gasteiger partial charge on any atom is 0.262 e. The van der Waals surface area contributed by atoms with E-state index < -0.39 is 10.0 Å². The Bertz CT molecular complexity index is 737. The summed E-state index contributed by atoms with van der Waals surface area (Å²) in [5.41, 5.74) is 6.26. The van der Waals surface area contributed by atoms with Crippen molar-refractivity contribution in [1.29, 1.82) is 0 Å². The summed E-state index contributed by atoms with van der Waals surface area (Å²) in [4.78, 5) is 0.0898. The minimum Gasteiger partial charge on any atom is -0.389 e. The molecule has 8 heteroatoms. The molecule has 1 aromatic carbocycles. The number of nitrogens with zero attached hydrogens (tertiary/aromatic N) is 2. The van der Waals surface area contributed by atoms with Gasteiger partial charge in [-0.1, -0.05) is 30.4 Å². The molecule has 2 rings (SSSR count). The summed E-state index contributed by atoms with van der Waals surface area (Å²) in [5.74, 6) is 0. The van der Waals surface area contributed by atoms with Crippen LogP contribution in [0, 0.1) is 0 Å². The molecule has 0 amide bonds. The number of aryl methyl sites for hydroxylation is 1. The number of nitrogens with one attached hydrogen (secondary N) is 1. The quantitative estimate of drug-likeness (QED) is 0.813. The Morgan fingerprint density at radius 3 is 2.75 bits per heavy atom. The van der Waals surface area contributed by atoms with E-state index >= 15 is 0 Å². The van der Waals surface area contributed by atoms with Crippen LogP contribution in [0.2, 0.25) is 0 Å². The lowest BCUT2D eigenvalue weighted by molar-refractivity contribution is 0.601. The predicted octanol–water partition coefficient (Wildman–Crippen LogP) is 1.34. The molecule has 0 fully saturated rings. The molecule has 0 aliphatic rings. The summed E-state index contributed by atoms with van der Waals surface area (Å²) in [6, 6.07) is 6.34. The third-order valence-electron chi connectivity index (χ3n) is 2.65. The van der Waals surface area contributed by atoms with Gasteiger partial charge in [0.15, 0.2) is 0 Å². The van der Waals surface area contributed by atoms with Gasteiger partial charge in [-0.2, -0.15) is 5.10 Å². The van der Waals surface area contributed by atoms with Crippen LogP contribution >= 0.6 is 12.2 Å². The van der Waals surface area contributed by atoms with Crippen LogP contribution in [0.15, 0.2) is 41.6 Å². The summed E-state index contributed by atoms with van der Waals surface area (Å²) in [6.07, 6.45) is 3.06. The van der Waals surface area contributed by atoms with Crippen LogP contribution in [0.5, 0.6) is 0 Å². The Kier molecular flexibility index (Phi) is 4.05. The minimum atomic E-state index is -3.75. The first-order valence-electron chi connectivity index (χ1n) is 5.88. The molecule has 0 atom stereocenters. The molecule has 6 nitrogen and oxygen atoms in total. The largest absolute Gasteiger partial charge is 0.389 e. The van der Waals surface area contributed by atoms with Gasteiger partial charge in [-0.15, -0.1) is 0 Å². The van der Waals surface area contributed by atoms with Crippen LogP contribution in [-0.4, -0.2) is 23.2 Å². The lowest BCUT2D eigenvalue weighted by atomic mass is 10.2. The first-order chi connectivity index (χ1) is 9.44. The average molecular weight is 310 g/mol. The van der Waals surface area contributed by atoms with Gasteiger partial charge in [0.25, 0.3) is 10.0 Å². The normalized spacial score (nSPS) is 11.2. The van der Waals surface area contributed by atoms with E-state index in [-0.39, 0.29) is 9.88 Å². The fraction of sp³-hybridized carbons (Fsp3) is 0.167. The van der Waals surface area contributed by atoms with Crippen molar-refractivity contribution >= 4 is 32.9 Å². The highest BCUT2D eigenvalue weighted by Crippen LogP contribution is 2.19. The number of anilines is 1. The van der Waals surface area contributed by atoms with E-state index in [2.05, 4.69) is 9.82 Å². The van der Waals surface area contributed by atoms with Crippen molar-refractivity contribution in [2.45, 2.75) is 18.4 Å². The van der Waals surface area contributed by atoms with Crippen LogP contribution in [0.1, 0.15) is 12.5 Å². The van der Waals surface area contributed by atoms with Gasteiger partial charge in [0.1, 0.15) is 4.99 Å². The highest BCUT2D eigenvalue weighted by atomic mass is 32.2. The Labute approximate surface area is 122 Å². The maximum atomic E-state index is 12.4. The zero-order chi connectivity index (χ0) is 14.8. The van der Waals surface area contributed by atoms with Gasteiger partial charge in [-0.3, -0.25) is 9.40 Å². The Morgan fingerprint density at radius 2 is 2.15 bits per heavy atom. The Hall–Kier alpha value is -1.93. The third kappa shape index (κ3) is 2.97. The van der Waals surface area contributed by atoms with E-state index in [4.69, 9.17) is 18.0 Å². The van der Waals surface area contributed by atoms with Crippen molar-refractivity contribution < 1.29 is 8.42 Å². The Morgan fingerprint density at radius 1 is 1.45 bits per heavy atom. The lowest BCUT2D eigenvalue weighted by Gasteiger charge is -2.10. The number of nitrogens with two attached hydrogens (primary N) is 1. The van der Waals surface area contributed by atoms with Crippen molar-refractivity contribution in [2.24, 2.45) is 5.73 Å². The van der Waals surface area contributed by atoms with Crippen molar-refractivity contribution in [1.82, 2.24) is 9.78 Å². The number of sulfonamides is 1. The number of benzene rings is 1. The first-order valence-corrected chi connectivity index (χ1v) is 7.77. The monoisotopic (exact) mass is 310 g/mol. The zero-order valence-corrected chi connectivity index (χ0v) is 12.4. The van der Waals surface area contributed by atoms with Crippen molar-refractivity contribution in [2.75, 3.05) is 4.72 Å². The number of hydrogen-bond donors (Lipinski definition) is 2. The van der Waals surface area contributed by atoms with E-state index in [0.29, 0.717) is 17.8 Å². The second-order valence-electron chi connectivity index (χ2n) is 4.05. The summed E-state index contributed by atoms with van der Waals surface area (Å²) >= 11 is 4.88. The molecule has 0 aliphatic heterocycles. The van der Waals surface area contributed by atoms with Gasteiger partial charge in [-0.05, 0) is 13.0 Å². The van der Waals surface area contributed by atoms with Crippen LogP contribution in [0.3, 0.4) is 0 Å². The Balaban J connectivity index is 2.38. The SMILES string of the molecule is CCn1cc(NS(=O)(=O)c2ccccc2C(N)=S)cn1. The van der Waals surface area contributed by atoms with Gasteiger partial charge in [0.2, 0.25) is 0 Å². The van der Waals surface area contributed by atoms with Crippen molar-refractivity contribution in [3.8, 4) is 0 Å². The standard InChI is InChI=1S/C12H14N4O2S2/c1-2-16-8-9(7-14-16)15-20(17,18)11-6-4-3-5-10(11)12(13)19/h3-8,15H,2H2,1H3,(H2,13,19). The van der Waals surface area contributed by atoms with Crippen LogP contribution in [-0.2, 0) is 16.6 Å². The summed E-state index contributed by atoms with van der Waals surface area (Å²) < 4.78 is 28.8. The van der Waals surface area contributed by atoms with E-state index in [1.807, 2.05) is 6.92 Å². The highest BCUT2D eigenvalue weighted by Gasteiger charge is 2.20. The van der Waals surface area contributed by atoms with Crippen LogP contribution in [0.4, 0.5) is 5.69 Å². The fourth-order valence-electron chi connectivity index (χ4n) is 1.70. The molecule has 0 spiro atoms. The third-order valence-corrected chi connectivity index (χ3v) is 4.31. The second kappa shape index (κ2) is 5.59. The van der Waals surface area contributed by atoms with Gasteiger partial charge in [0.05, 0.1) is 16.8 Å². The number of thiocarbonyl (C=S) groups is 1. The average Bonchev–Trinajstić information content (AvgIpc) is 2.85. The van der Waals surface area contributed by atoms with Crippen LogP contribution < -0.4 is 10.5 Å². The summed E-state index contributed by atoms with van der Waals surface area (Å²) in [7, 11) is -3.75. The van der Waals surface area contributed by atoms with Gasteiger partial charge < -0.3 is 5.73 Å². The summed E-state index contributed by atoms with van der Waals surface area (Å²) in [6.45, 7) is 2.57. The molecule has 0 saturated heterocycles. The number of hydrogen-bond acceptors (Lipinski definition) is 4. The molecule has 106 valence electrons. The van der Waals surface area contributed by atoms with Gasteiger partial charge in [0, 0.05) is 18.3 Å². The molecule has 0 aliphatic carbocycles. The van der Waals surface area contributed by atoms with Gasteiger partial charge >= 0.3 is 0 Å². The smallest absolute Gasteiger partial charge is 0.262 e. The van der Waals surface area contributed by atoms with E-state index in [0.717, 1.165) is 0 Å². The van der Waals surface area contributed by atoms with E-state index in [9.17, 15) is 8.42 Å². The molecule has 0 radical (unpaired) electrons.